The molecule has 0 heterocycles. The first-order valence-electron chi connectivity index (χ1n) is 8.54. The van der Waals surface area contributed by atoms with Gasteiger partial charge in [-0.25, -0.2) is 12.8 Å². The molecular formula is C19H25FN3O3S+. The minimum Gasteiger partial charge on any atom is -0.351 e. The largest absolute Gasteiger partial charge is 0.351 e. The van der Waals surface area contributed by atoms with Crippen LogP contribution in [0.2, 0.25) is 0 Å². The predicted octanol–water partition coefficient (Wildman–Crippen LogP) is 0.407. The molecule has 0 saturated carbocycles. The van der Waals surface area contributed by atoms with Gasteiger partial charge < -0.3 is 10.2 Å². The highest BCUT2D eigenvalue weighted by Gasteiger charge is 2.22. The molecule has 0 aliphatic heterocycles. The van der Waals surface area contributed by atoms with E-state index in [1.54, 1.807) is 0 Å². The zero-order chi connectivity index (χ0) is 20.0. The first-order chi connectivity index (χ1) is 12.7. The van der Waals surface area contributed by atoms with Gasteiger partial charge in [0, 0.05) is 19.2 Å². The predicted molar refractivity (Wildman–Crippen MR) is 101 cm³/mol. The van der Waals surface area contributed by atoms with Gasteiger partial charge in [-0.05, 0) is 29.8 Å². The molecule has 6 nitrogen and oxygen atoms in total. The minimum atomic E-state index is -3.85. The second-order valence-electron chi connectivity index (χ2n) is 6.69. The van der Waals surface area contributed by atoms with Crippen molar-refractivity contribution in [3.8, 4) is 0 Å². The fourth-order valence-corrected chi connectivity index (χ4v) is 3.64. The van der Waals surface area contributed by atoms with E-state index in [1.807, 2.05) is 24.3 Å². The highest BCUT2D eigenvalue weighted by atomic mass is 32.2. The number of nitrogens with zero attached hydrogens (tertiary/aromatic N) is 1. The number of halogens is 1. The maximum Gasteiger partial charge on any atom is 0.243 e. The Morgan fingerprint density at radius 1 is 1.04 bits per heavy atom. The monoisotopic (exact) mass is 394 g/mol. The van der Waals surface area contributed by atoms with Crippen LogP contribution in [-0.2, 0) is 27.9 Å². The fraction of sp³-hybridized carbons (Fsp3) is 0.316. The maximum absolute atomic E-state index is 13.0. The summed E-state index contributed by atoms with van der Waals surface area (Å²) in [5.74, 6) is -0.933. The van der Waals surface area contributed by atoms with Crippen molar-refractivity contribution in [2.24, 2.45) is 0 Å². The number of nitrogens with one attached hydrogen (secondary N) is 2. The van der Waals surface area contributed by atoms with Crippen molar-refractivity contribution in [2.75, 3.05) is 27.7 Å². The van der Waals surface area contributed by atoms with Crippen LogP contribution in [0.15, 0.2) is 53.4 Å². The minimum absolute atomic E-state index is 0.0576. The van der Waals surface area contributed by atoms with Gasteiger partial charge in [-0.15, -0.1) is 0 Å². The molecule has 146 valence electrons. The van der Waals surface area contributed by atoms with Crippen molar-refractivity contribution in [1.82, 2.24) is 9.62 Å². The Kier molecular flexibility index (Phi) is 7.06. The Hall–Kier alpha value is -2.29. The molecule has 0 fully saturated rings. The molecule has 2 N–H and O–H groups in total. The molecule has 0 aromatic heterocycles. The third-order valence-corrected chi connectivity index (χ3v) is 5.78. The normalized spacial score (nSPS) is 11.8. The second-order valence-corrected chi connectivity index (χ2v) is 8.74. The molecule has 0 bridgehead atoms. The van der Waals surface area contributed by atoms with E-state index in [9.17, 15) is 17.6 Å². The Morgan fingerprint density at radius 3 is 2.15 bits per heavy atom. The maximum atomic E-state index is 13.0. The van der Waals surface area contributed by atoms with Crippen LogP contribution in [0.3, 0.4) is 0 Å². The molecule has 0 spiro atoms. The van der Waals surface area contributed by atoms with E-state index >= 15 is 0 Å². The van der Waals surface area contributed by atoms with E-state index in [0.717, 1.165) is 28.5 Å². The third-order valence-electron chi connectivity index (χ3n) is 3.96. The first-order valence-corrected chi connectivity index (χ1v) is 9.98. The molecule has 8 heteroatoms. The van der Waals surface area contributed by atoms with Crippen molar-refractivity contribution < 1.29 is 22.5 Å². The number of sulfonamides is 1. The number of carbonyl (C=O) groups is 1. The number of hydrogen-bond donors (Lipinski definition) is 2. The van der Waals surface area contributed by atoms with Crippen molar-refractivity contribution in [2.45, 2.75) is 18.0 Å². The zero-order valence-corrected chi connectivity index (χ0v) is 16.5. The quantitative estimate of drug-likeness (QED) is 0.681. The molecule has 0 radical (unpaired) electrons. The summed E-state index contributed by atoms with van der Waals surface area (Å²) in [6, 6.07) is 12.4. The van der Waals surface area contributed by atoms with Gasteiger partial charge in [0.2, 0.25) is 15.9 Å². The molecule has 2 aromatic carbocycles. The zero-order valence-electron chi connectivity index (χ0n) is 15.7. The van der Waals surface area contributed by atoms with Crippen molar-refractivity contribution in [1.29, 1.82) is 0 Å². The average Bonchev–Trinajstić information content (AvgIpc) is 2.61. The summed E-state index contributed by atoms with van der Waals surface area (Å²) in [6.07, 6.45) is 0. The first kappa shape index (κ1) is 21.0. The Balaban J connectivity index is 1.90. The molecule has 27 heavy (non-hydrogen) atoms. The second kappa shape index (κ2) is 9.07. The van der Waals surface area contributed by atoms with Gasteiger partial charge >= 0.3 is 0 Å². The Morgan fingerprint density at radius 2 is 1.59 bits per heavy atom. The van der Waals surface area contributed by atoms with E-state index < -0.39 is 21.7 Å². The molecule has 0 aliphatic rings. The van der Waals surface area contributed by atoms with Crippen molar-refractivity contribution in [3.63, 3.8) is 0 Å². The van der Waals surface area contributed by atoms with Crippen LogP contribution in [0.5, 0.6) is 0 Å². The number of quaternary nitrogens is 1. The van der Waals surface area contributed by atoms with Gasteiger partial charge in [0.25, 0.3) is 0 Å². The molecule has 2 aromatic rings. The number of amides is 1. The molecule has 0 aliphatic carbocycles. The van der Waals surface area contributed by atoms with Crippen molar-refractivity contribution >= 4 is 15.9 Å². The lowest BCUT2D eigenvalue weighted by Gasteiger charge is -2.17. The number of carbonyl (C=O) groups excluding carboxylic acids is 1. The highest BCUT2D eigenvalue weighted by Crippen LogP contribution is 2.14. The van der Waals surface area contributed by atoms with Gasteiger partial charge in [0.1, 0.15) is 12.4 Å². The summed E-state index contributed by atoms with van der Waals surface area (Å²) in [4.78, 5) is 13.4. The number of rotatable bonds is 8. The number of hydrogen-bond acceptors (Lipinski definition) is 3. The van der Waals surface area contributed by atoms with Crippen molar-refractivity contribution in [3.05, 3.63) is 65.5 Å². The summed E-state index contributed by atoms with van der Waals surface area (Å²) in [6.45, 7) is 0.916. The summed E-state index contributed by atoms with van der Waals surface area (Å²) < 4.78 is 38.7. The number of benzene rings is 2. The molecule has 2 rings (SSSR count). The molecular weight excluding hydrogens is 369 g/mol. The van der Waals surface area contributed by atoms with E-state index in [2.05, 4.69) is 19.4 Å². The topological polar surface area (TPSA) is 70.9 Å². The van der Waals surface area contributed by atoms with E-state index in [1.165, 1.54) is 29.6 Å². The van der Waals surface area contributed by atoms with Crippen LogP contribution in [0, 0.1) is 5.82 Å². The van der Waals surface area contributed by atoms with E-state index in [0.29, 0.717) is 6.54 Å². The van der Waals surface area contributed by atoms with Crippen LogP contribution in [0.4, 0.5) is 4.39 Å². The SMILES string of the molecule is CN(CC(=O)NCc1ccc(C[NH+](C)C)cc1)S(=O)(=O)c1ccc(F)cc1. The van der Waals surface area contributed by atoms with Gasteiger partial charge in [-0.2, -0.15) is 4.31 Å². The Labute approximate surface area is 159 Å². The Bertz CT molecular complexity index is 866. The summed E-state index contributed by atoms with van der Waals surface area (Å²) in [5.41, 5.74) is 2.14. The smallest absolute Gasteiger partial charge is 0.243 e. The van der Waals surface area contributed by atoms with Gasteiger partial charge in [-0.1, -0.05) is 24.3 Å². The molecule has 0 atom stereocenters. The molecule has 1 amide bonds. The van der Waals surface area contributed by atoms with Crippen LogP contribution in [0.25, 0.3) is 0 Å². The fourth-order valence-electron chi connectivity index (χ4n) is 2.51. The summed E-state index contributed by atoms with van der Waals surface area (Å²) in [7, 11) is 1.62. The molecule has 0 unspecified atom stereocenters. The van der Waals surface area contributed by atoms with E-state index in [4.69, 9.17) is 0 Å². The lowest BCUT2D eigenvalue weighted by molar-refractivity contribution is -0.872. The lowest BCUT2D eigenvalue weighted by atomic mass is 10.1. The summed E-state index contributed by atoms with van der Waals surface area (Å²) in [5, 5.41) is 2.71. The lowest BCUT2D eigenvalue weighted by Crippen LogP contribution is -3.04. The van der Waals surface area contributed by atoms with Gasteiger partial charge in [-0.3, -0.25) is 4.79 Å². The highest BCUT2D eigenvalue weighted by molar-refractivity contribution is 7.89. The van der Waals surface area contributed by atoms with E-state index in [-0.39, 0.29) is 11.4 Å². The molecule has 0 saturated heterocycles. The third kappa shape index (κ3) is 6.13. The van der Waals surface area contributed by atoms with Crippen LogP contribution in [-0.4, -0.2) is 46.3 Å². The van der Waals surface area contributed by atoms with Gasteiger partial charge in [0.15, 0.2) is 0 Å². The standard InChI is InChI=1S/C19H24FN3O3S/c1-22(2)13-16-6-4-15(5-7-16)12-21-19(24)14-23(3)27(25,26)18-10-8-17(20)9-11-18/h4-11H,12-14H2,1-3H3,(H,21,24)/p+1. The van der Waals surface area contributed by atoms with Crippen LogP contribution >= 0.6 is 0 Å². The van der Waals surface area contributed by atoms with Crippen LogP contribution < -0.4 is 10.2 Å². The average molecular weight is 394 g/mol. The van der Waals surface area contributed by atoms with Crippen LogP contribution in [0.1, 0.15) is 11.1 Å². The van der Waals surface area contributed by atoms with Gasteiger partial charge in [0.05, 0.1) is 25.5 Å². The summed E-state index contributed by atoms with van der Waals surface area (Å²) >= 11 is 0. The number of likely N-dealkylation sites (N-methyl/N-ethyl adjacent to an activating group) is 1.